The van der Waals surface area contributed by atoms with Gasteiger partial charge in [0, 0.05) is 24.7 Å². The molecular weight excluding hydrogens is 288 g/mol. The predicted molar refractivity (Wildman–Crippen MR) is 91.5 cm³/mol. The van der Waals surface area contributed by atoms with Gasteiger partial charge in [-0.2, -0.15) is 0 Å². The van der Waals surface area contributed by atoms with Crippen LogP contribution in [-0.4, -0.2) is 17.9 Å². The molecule has 1 aliphatic rings. The van der Waals surface area contributed by atoms with Crippen molar-refractivity contribution >= 4 is 23.2 Å². The van der Waals surface area contributed by atoms with Crippen LogP contribution in [0.3, 0.4) is 0 Å². The third-order valence-electron chi connectivity index (χ3n) is 4.22. The molecule has 0 bridgehead atoms. The Labute approximate surface area is 136 Å². The van der Waals surface area contributed by atoms with Gasteiger partial charge in [-0.1, -0.05) is 37.3 Å². The average molecular weight is 308 g/mol. The number of aryl methyl sites for hydroxylation is 1. The molecule has 1 aliphatic heterocycles. The number of nitrogens with zero attached hydrogens (tertiary/aromatic N) is 1. The number of carbonyl (C=O) groups excluding carboxylic acids is 2. The molecule has 3 rings (SSSR count). The first-order chi connectivity index (χ1) is 11.1. The summed E-state index contributed by atoms with van der Waals surface area (Å²) in [6.45, 7) is 3.58. The van der Waals surface area contributed by atoms with E-state index in [2.05, 4.69) is 12.2 Å². The lowest BCUT2D eigenvalue weighted by Gasteiger charge is -2.23. The Kier molecular flexibility index (Phi) is 4.15. The summed E-state index contributed by atoms with van der Waals surface area (Å²) in [5.74, 6) is -0.262. The van der Waals surface area contributed by atoms with Crippen LogP contribution in [0.15, 0.2) is 48.5 Å². The lowest BCUT2D eigenvalue weighted by atomic mass is 10.1. The Morgan fingerprint density at radius 1 is 1.17 bits per heavy atom. The zero-order valence-electron chi connectivity index (χ0n) is 13.4. The molecule has 0 spiro atoms. The maximum atomic E-state index is 12.7. The van der Waals surface area contributed by atoms with E-state index in [4.69, 9.17) is 0 Å². The highest BCUT2D eigenvalue weighted by atomic mass is 16.2. The summed E-state index contributed by atoms with van der Waals surface area (Å²) in [5, 5.41) is 2.95. The standard InChI is InChI=1S/C19H20N2O2/c1-3-14-7-6-9-16(11-14)20-19(23)18-12-15-8-4-5-10-17(15)21(18)13(2)22/h4-11,18H,3,12H2,1-2H3,(H,20,23)/t18-/m0/s1. The van der Waals surface area contributed by atoms with Gasteiger partial charge in [0.1, 0.15) is 6.04 Å². The molecule has 118 valence electrons. The highest BCUT2D eigenvalue weighted by molar-refractivity contribution is 6.06. The Bertz CT molecular complexity index is 755. The van der Waals surface area contributed by atoms with Crippen LogP contribution >= 0.6 is 0 Å². The normalized spacial score (nSPS) is 16.1. The van der Waals surface area contributed by atoms with Crippen molar-refractivity contribution in [1.82, 2.24) is 0 Å². The summed E-state index contributed by atoms with van der Waals surface area (Å²) in [5.41, 5.74) is 3.81. The number of anilines is 2. The minimum atomic E-state index is -0.491. The molecule has 0 fully saturated rings. The van der Waals surface area contributed by atoms with E-state index in [0.717, 1.165) is 23.4 Å². The van der Waals surface area contributed by atoms with E-state index < -0.39 is 6.04 Å². The monoisotopic (exact) mass is 308 g/mol. The highest BCUT2D eigenvalue weighted by Gasteiger charge is 2.36. The summed E-state index contributed by atoms with van der Waals surface area (Å²) < 4.78 is 0. The van der Waals surface area contributed by atoms with Gasteiger partial charge in [-0.15, -0.1) is 0 Å². The first-order valence-corrected chi connectivity index (χ1v) is 7.87. The minimum absolute atomic E-state index is 0.114. The van der Waals surface area contributed by atoms with Gasteiger partial charge in [0.05, 0.1) is 0 Å². The van der Waals surface area contributed by atoms with Crippen molar-refractivity contribution in [3.05, 3.63) is 59.7 Å². The first kappa shape index (κ1) is 15.3. The van der Waals surface area contributed by atoms with Gasteiger partial charge in [-0.3, -0.25) is 14.5 Å². The van der Waals surface area contributed by atoms with Crippen LogP contribution < -0.4 is 10.2 Å². The SMILES string of the molecule is CCc1cccc(NC(=O)[C@@H]2Cc3ccccc3N2C(C)=O)c1. The summed E-state index contributed by atoms with van der Waals surface area (Å²) in [7, 11) is 0. The zero-order valence-corrected chi connectivity index (χ0v) is 13.4. The van der Waals surface area contributed by atoms with Gasteiger partial charge in [-0.25, -0.2) is 0 Å². The van der Waals surface area contributed by atoms with Gasteiger partial charge in [0.2, 0.25) is 11.8 Å². The van der Waals surface area contributed by atoms with Crippen molar-refractivity contribution in [3.63, 3.8) is 0 Å². The van der Waals surface area contributed by atoms with Crippen molar-refractivity contribution in [2.24, 2.45) is 0 Å². The van der Waals surface area contributed by atoms with E-state index >= 15 is 0 Å². The van der Waals surface area contributed by atoms with E-state index in [1.807, 2.05) is 48.5 Å². The van der Waals surface area contributed by atoms with Crippen molar-refractivity contribution in [2.45, 2.75) is 32.7 Å². The van der Waals surface area contributed by atoms with Crippen molar-refractivity contribution in [3.8, 4) is 0 Å². The Balaban J connectivity index is 1.83. The van der Waals surface area contributed by atoms with Crippen LogP contribution in [0.25, 0.3) is 0 Å². The van der Waals surface area contributed by atoms with Crippen LogP contribution in [0.1, 0.15) is 25.0 Å². The van der Waals surface area contributed by atoms with Gasteiger partial charge < -0.3 is 5.32 Å². The first-order valence-electron chi connectivity index (χ1n) is 7.87. The number of amides is 2. The summed E-state index contributed by atoms with van der Waals surface area (Å²) in [4.78, 5) is 26.3. The average Bonchev–Trinajstić information content (AvgIpc) is 2.95. The molecule has 0 unspecified atom stereocenters. The number of hydrogen-bond acceptors (Lipinski definition) is 2. The fourth-order valence-corrected chi connectivity index (χ4v) is 3.08. The van der Waals surface area contributed by atoms with E-state index in [1.54, 1.807) is 4.90 Å². The number of carbonyl (C=O) groups is 2. The second-order valence-corrected chi connectivity index (χ2v) is 5.78. The third-order valence-corrected chi connectivity index (χ3v) is 4.22. The third kappa shape index (κ3) is 2.97. The van der Waals surface area contributed by atoms with Gasteiger partial charge >= 0.3 is 0 Å². The molecule has 1 N–H and O–H groups in total. The quantitative estimate of drug-likeness (QED) is 0.947. The molecule has 2 aromatic carbocycles. The molecule has 0 aromatic heterocycles. The van der Waals surface area contributed by atoms with E-state index in [9.17, 15) is 9.59 Å². The topological polar surface area (TPSA) is 49.4 Å². The Morgan fingerprint density at radius 2 is 1.96 bits per heavy atom. The molecule has 1 heterocycles. The molecule has 4 heteroatoms. The summed E-state index contributed by atoms with van der Waals surface area (Å²) in [6, 6.07) is 15.0. The Hall–Kier alpha value is -2.62. The van der Waals surface area contributed by atoms with Gasteiger partial charge in [-0.05, 0) is 35.7 Å². The summed E-state index contributed by atoms with van der Waals surface area (Å²) in [6.07, 6.45) is 1.47. The van der Waals surface area contributed by atoms with Crippen LogP contribution in [0, 0.1) is 0 Å². The second kappa shape index (κ2) is 6.24. The maximum Gasteiger partial charge on any atom is 0.247 e. The molecule has 0 aliphatic carbocycles. The molecule has 4 nitrogen and oxygen atoms in total. The van der Waals surface area contributed by atoms with Gasteiger partial charge in [0.15, 0.2) is 0 Å². The van der Waals surface area contributed by atoms with Gasteiger partial charge in [0.25, 0.3) is 0 Å². The van der Waals surface area contributed by atoms with Crippen molar-refractivity contribution < 1.29 is 9.59 Å². The molecule has 0 saturated heterocycles. The van der Waals surface area contributed by atoms with Crippen LogP contribution in [-0.2, 0) is 22.4 Å². The molecule has 0 saturated carbocycles. The smallest absolute Gasteiger partial charge is 0.247 e. The van der Waals surface area contributed by atoms with Crippen molar-refractivity contribution in [1.29, 1.82) is 0 Å². The predicted octanol–water partition coefficient (Wildman–Crippen LogP) is 3.17. The number of para-hydroxylation sites is 1. The lowest BCUT2D eigenvalue weighted by molar-refractivity contribution is -0.122. The van der Waals surface area contributed by atoms with Crippen molar-refractivity contribution in [2.75, 3.05) is 10.2 Å². The summed E-state index contributed by atoms with van der Waals surface area (Å²) >= 11 is 0. The molecule has 23 heavy (non-hydrogen) atoms. The molecule has 2 amide bonds. The number of rotatable bonds is 3. The van der Waals surface area contributed by atoms with E-state index in [-0.39, 0.29) is 11.8 Å². The maximum absolute atomic E-state index is 12.7. The fourth-order valence-electron chi connectivity index (χ4n) is 3.08. The zero-order chi connectivity index (χ0) is 16.4. The van der Waals surface area contributed by atoms with Crippen LogP contribution in [0.4, 0.5) is 11.4 Å². The highest BCUT2D eigenvalue weighted by Crippen LogP contribution is 2.32. The molecule has 2 aromatic rings. The number of hydrogen-bond donors (Lipinski definition) is 1. The molecule has 1 atom stereocenters. The lowest BCUT2D eigenvalue weighted by Crippen LogP contribution is -2.44. The minimum Gasteiger partial charge on any atom is -0.324 e. The van der Waals surface area contributed by atoms with E-state index in [1.165, 1.54) is 12.5 Å². The van der Waals surface area contributed by atoms with Crippen LogP contribution in [0.2, 0.25) is 0 Å². The molecular formula is C19H20N2O2. The number of nitrogens with one attached hydrogen (secondary N) is 1. The van der Waals surface area contributed by atoms with E-state index in [0.29, 0.717) is 6.42 Å². The fraction of sp³-hybridized carbons (Fsp3) is 0.263. The largest absolute Gasteiger partial charge is 0.324 e. The Morgan fingerprint density at radius 3 is 2.70 bits per heavy atom. The number of fused-ring (bicyclic) bond motifs is 1. The molecule has 0 radical (unpaired) electrons. The number of benzene rings is 2. The van der Waals surface area contributed by atoms with Crippen LogP contribution in [0.5, 0.6) is 0 Å². The second-order valence-electron chi connectivity index (χ2n) is 5.78.